The molecule has 1 N–H and O–H groups in total. The zero-order valence-electron chi connectivity index (χ0n) is 17.8. The minimum Gasteiger partial charge on any atom is -0.443 e. The molecule has 0 aliphatic rings. The molecule has 1 unspecified atom stereocenters. The van der Waals surface area contributed by atoms with E-state index in [1.54, 1.807) is 23.9 Å². The number of carbonyl (C=O) groups excluding carboxylic acids is 1. The van der Waals surface area contributed by atoms with E-state index in [9.17, 15) is 10.1 Å². The number of amides is 1. The monoisotopic (exact) mass is 404 g/mol. The number of nitrogens with one attached hydrogen (secondary N) is 1. The quantitative estimate of drug-likeness (QED) is 0.586. The average Bonchev–Trinajstić information content (AvgIpc) is 3.40. The Morgan fingerprint density at radius 1 is 1.17 bits per heavy atom. The number of nitrogens with zero attached hydrogens (tertiary/aromatic N) is 3. The minimum atomic E-state index is -0.281. The van der Waals surface area contributed by atoms with Crippen molar-refractivity contribution < 1.29 is 9.21 Å². The van der Waals surface area contributed by atoms with E-state index in [-0.39, 0.29) is 17.5 Å². The van der Waals surface area contributed by atoms with Crippen LogP contribution in [0.4, 0.5) is 0 Å². The molecule has 0 bridgehead atoms. The van der Waals surface area contributed by atoms with Crippen LogP contribution in [-0.2, 0) is 6.42 Å². The molecule has 0 aliphatic carbocycles. The van der Waals surface area contributed by atoms with Crippen molar-refractivity contribution in [1.82, 2.24) is 14.8 Å². The molecule has 0 fully saturated rings. The maximum absolute atomic E-state index is 13.0. The Hall–Kier alpha value is -3.30. The highest BCUT2D eigenvalue weighted by Gasteiger charge is 2.25. The third kappa shape index (κ3) is 4.64. The summed E-state index contributed by atoms with van der Waals surface area (Å²) in [6.07, 6.45) is 4.42. The molecule has 3 rings (SSSR count). The molecule has 0 saturated carbocycles. The van der Waals surface area contributed by atoms with Gasteiger partial charge in [-0.15, -0.1) is 0 Å². The lowest BCUT2D eigenvalue weighted by molar-refractivity contribution is 0.0933. The second-order valence-electron chi connectivity index (χ2n) is 7.19. The summed E-state index contributed by atoms with van der Waals surface area (Å²) >= 11 is 0. The lowest BCUT2D eigenvalue weighted by atomic mass is 10.0. The fraction of sp³-hybridized carbons (Fsp3) is 0.333. The minimum absolute atomic E-state index is 0.160. The van der Waals surface area contributed by atoms with Crippen LogP contribution in [0.15, 0.2) is 59.3 Å². The van der Waals surface area contributed by atoms with Gasteiger partial charge in [0.05, 0.1) is 0 Å². The van der Waals surface area contributed by atoms with Crippen molar-refractivity contribution in [1.29, 1.82) is 5.26 Å². The maximum Gasteiger partial charge on any atom is 0.256 e. The predicted molar refractivity (Wildman–Crippen MR) is 117 cm³/mol. The molecule has 0 radical (unpaired) electrons. The molecule has 156 valence electrons. The van der Waals surface area contributed by atoms with Gasteiger partial charge in [0.1, 0.15) is 23.0 Å². The van der Waals surface area contributed by atoms with Crippen LogP contribution in [-0.4, -0.2) is 41.1 Å². The molecule has 0 spiro atoms. The number of furan rings is 1. The number of likely N-dealkylation sites (N-methyl/N-ethyl adjacent to an activating group) is 1. The van der Waals surface area contributed by atoms with Gasteiger partial charge in [-0.3, -0.25) is 14.3 Å². The van der Waals surface area contributed by atoms with Crippen LogP contribution in [0.1, 0.15) is 41.1 Å². The van der Waals surface area contributed by atoms with Crippen molar-refractivity contribution in [3.05, 3.63) is 77.3 Å². The van der Waals surface area contributed by atoms with E-state index >= 15 is 0 Å². The van der Waals surface area contributed by atoms with Crippen molar-refractivity contribution in [2.24, 2.45) is 0 Å². The Morgan fingerprint density at radius 2 is 1.83 bits per heavy atom. The van der Waals surface area contributed by atoms with E-state index in [1.165, 1.54) is 5.56 Å². The van der Waals surface area contributed by atoms with Crippen LogP contribution < -0.4 is 5.32 Å². The van der Waals surface area contributed by atoms with E-state index in [0.717, 1.165) is 19.5 Å². The Kier molecular flexibility index (Phi) is 7.10. The van der Waals surface area contributed by atoms with E-state index in [4.69, 9.17) is 4.42 Å². The van der Waals surface area contributed by atoms with Gasteiger partial charge in [0.2, 0.25) is 5.88 Å². The zero-order valence-corrected chi connectivity index (χ0v) is 17.8. The first-order valence-corrected chi connectivity index (χ1v) is 10.3. The normalized spacial score (nSPS) is 12.0. The molecule has 1 atom stereocenters. The van der Waals surface area contributed by atoms with Crippen molar-refractivity contribution >= 4 is 5.91 Å². The molecule has 2 heterocycles. The molecular formula is C24H28N4O2. The van der Waals surface area contributed by atoms with E-state index < -0.39 is 0 Å². The second kappa shape index (κ2) is 9.95. The van der Waals surface area contributed by atoms with E-state index in [0.29, 0.717) is 23.8 Å². The first-order chi connectivity index (χ1) is 14.6. The highest BCUT2D eigenvalue weighted by Crippen LogP contribution is 2.25. The number of carbonyl (C=O) groups is 1. The zero-order chi connectivity index (χ0) is 21.5. The lowest BCUT2D eigenvalue weighted by Gasteiger charge is -2.30. The highest BCUT2D eigenvalue weighted by molar-refractivity contribution is 5.98. The summed E-state index contributed by atoms with van der Waals surface area (Å²) in [5.74, 6) is 0.529. The van der Waals surface area contributed by atoms with Crippen LogP contribution in [0.2, 0.25) is 0 Å². The predicted octanol–water partition coefficient (Wildman–Crippen LogP) is 3.93. The number of aromatic nitrogens is 1. The SMILES string of the molecule is CCN(CC)C(CNC(=O)c1c(C)oc(-n2cccc2)c1C#N)Cc1ccccc1. The number of aryl methyl sites for hydroxylation is 1. The Morgan fingerprint density at radius 3 is 2.43 bits per heavy atom. The van der Waals surface area contributed by atoms with Crippen molar-refractivity contribution in [3.63, 3.8) is 0 Å². The fourth-order valence-electron chi connectivity index (χ4n) is 3.81. The summed E-state index contributed by atoms with van der Waals surface area (Å²) in [4.78, 5) is 15.4. The number of rotatable bonds is 9. The van der Waals surface area contributed by atoms with Gasteiger partial charge in [-0.1, -0.05) is 44.2 Å². The second-order valence-corrected chi connectivity index (χ2v) is 7.19. The summed E-state index contributed by atoms with van der Waals surface area (Å²) in [5, 5.41) is 12.7. The molecule has 6 heteroatoms. The Labute approximate surface area is 177 Å². The first-order valence-electron chi connectivity index (χ1n) is 10.3. The van der Waals surface area contributed by atoms with Gasteiger partial charge in [0, 0.05) is 25.0 Å². The largest absolute Gasteiger partial charge is 0.443 e. The van der Waals surface area contributed by atoms with Crippen LogP contribution in [0.3, 0.4) is 0 Å². The summed E-state index contributed by atoms with van der Waals surface area (Å²) in [6.45, 7) is 8.26. The Balaban J connectivity index is 1.79. The van der Waals surface area contributed by atoms with Gasteiger partial charge in [0.15, 0.2) is 0 Å². The van der Waals surface area contributed by atoms with Crippen LogP contribution >= 0.6 is 0 Å². The summed E-state index contributed by atoms with van der Waals surface area (Å²) < 4.78 is 7.47. The van der Waals surface area contributed by atoms with Gasteiger partial charge in [-0.25, -0.2) is 0 Å². The van der Waals surface area contributed by atoms with Crippen LogP contribution in [0, 0.1) is 18.3 Å². The summed E-state index contributed by atoms with van der Waals surface area (Å²) in [5.41, 5.74) is 1.79. The molecular weight excluding hydrogens is 376 g/mol. The average molecular weight is 405 g/mol. The van der Waals surface area contributed by atoms with E-state index in [2.05, 4.69) is 42.3 Å². The summed E-state index contributed by atoms with van der Waals surface area (Å²) in [7, 11) is 0. The number of nitriles is 1. The fourth-order valence-corrected chi connectivity index (χ4v) is 3.81. The molecule has 0 saturated heterocycles. The molecule has 1 amide bonds. The number of benzene rings is 1. The lowest BCUT2D eigenvalue weighted by Crippen LogP contribution is -2.45. The van der Waals surface area contributed by atoms with Crippen molar-refractivity contribution in [2.45, 2.75) is 33.2 Å². The number of hydrogen-bond acceptors (Lipinski definition) is 4. The van der Waals surface area contributed by atoms with Crippen molar-refractivity contribution in [3.8, 4) is 12.0 Å². The standard InChI is InChI=1S/C24H28N4O2/c1-4-27(5-2)20(15-19-11-7-6-8-12-19)17-26-23(29)22-18(3)30-24(21(22)16-25)28-13-9-10-14-28/h6-14,20H,4-5,15,17H2,1-3H3,(H,26,29). The van der Waals surface area contributed by atoms with Gasteiger partial charge in [0.25, 0.3) is 5.91 Å². The third-order valence-electron chi connectivity index (χ3n) is 5.38. The van der Waals surface area contributed by atoms with Crippen LogP contribution in [0.5, 0.6) is 0 Å². The van der Waals surface area contributed by atoms with Crippen LogP contribution in [0.25, 0.3) is 5.88 Å². The molecule has 2 aromatic heterocycles. The molecule has 1 aromatic carbocycles. The van der Waals surface area contributed by atoms with E-state index in [1.807, 2.05) is 30.3 Å². The third-order valence-corrected chi connectivity index (χ3v) is 5.38. The van der Waals surface area contributed by atoms with Gasteiger partial charge in [-0.05, 0) is 44.1 Å². The number of hydrogen-bond donors (Lipinski definition) is 1. The molecule has 3 aromatic rings. The summed E-state index contributed by atoms with van der Waals surface area (Å²) in [6, 6.07) is 16.3. The molecule has 30 heavy (non-hydrogen) atoms. The van der Waals surface area contributed by atoms with Gasteiger partial charge >= 0.3 is 0 Å². The molecule has 0 aliphatic heterocycles. The van der Waals surface area contributed by atoms with Crippen molar-refractivity contribution in [2.75, 3.05) is 19.6 Å². The smallest absolute Gasteiger partial charge is 0.256 e. The molecule has 6 nitrogen and oxygen atoms in total. The van der Waals surface area contributed by atoms with Gasteiger partial charge < -0.3 is 9.73 Å². The van der Waals surface area contributed by atoms with Gasteiger partial charge in [-0.2, -0.15) is 5.26 Å². The first kappa shape index (κ1) is 21.4. The Bertz CT molecular complexity index is 996. The highest BCUT2D eigenvalue weighted by atomic mass is 16.4. The maximum atomic E-state index is 13.0. The topological polar surface area (TPSA) is 74.2 Å².